The van der Waals surface area contributed by atoms with Crippen LogP contribution in [0.4, 0.5) is 0 Å². The second-order valence-corrected chi connectivity index (χ2v) is 7.67. The normalized spacial score (nSPS) is 12.3. The Bertz CT molecular complexity index is 976. The van der Waals surface area contributed by atoms with Crippen molar-refractivity contribution >= 4 is 28.2 Å². The lowest BCUT2D eigenvalue weighted by Gasteiger charge is -2.21. The Labute approximate surface area is 162 Å². The van der Waals surface area contributed by atoms with Crippen LogP contribution in [0.25, 0.3) is 11.0 Å². The molecule has 6 heteroatoms. The largest absolute Gasteiger partial charge is 0.484 e. The molecule has 1 atom stereocenters. The maximum atomic E-state index is 12.3. The SMILES string of the molecule is CCc1cc(=O)oc2cc(OCC(=O)NC(c3cccs3)C(C)C)ccc12. The van der Waals surface area contributed by atoms with Crippen LogP contribution in [-0.2, 0) is 11.2 Å². The van der Waals surface area contributed by atoms with Crippen molar-refractivity contribution in [1.82, 2.24) is 5.32 Å². The third-order valence-electron chi connectivity index (χ3n) is 4.39. The molecule has 1 unspecified atom stereocenters. The number of carbonyl (C=O) groups excluding carboxylic acids is 1. The second kappa shape index (κ2) is 8.39. The molecule has 0 bridgehead atoms. The molecule has 0 saturated heterocycles. The first-order valence-electron chi connectivity index (χ1n) is 9.00. The van der Waals surface area contributed by atoms with Gasteiger partial charge in [-0.3, -0.25) is 4.79 Å². The summed E-state index contributed by atoms with van der Waals surface area (Å²) in [5.74, 6) is 0.576. The molecule has 0 aliphatic carbocycles. The fourth-order valence-electron chi connectivity index (χ4n) is 2.99. The zero-order valence-corrected chi connectivity index (χ0v) is 16.5. The summed E-state index contributed by atoms with van der Waals surface area (Å²) in [6.07, 6.45) is 0.740. The molecule has 0 spiro atoms. The number of amides is 1. The highest BCUT2D eigenvalue weighted by molar-refractivity contribution is 7.10. The number of nitrogens with one attached hydrogen (secondary N) is 1. The number of hydrogen-bond donors (Lipinski definition) is 1. The molecule has 1 N–H and O–H groups in total. The van der Waals surface area contributed by atoms with E-state index in [-0.39, 0.29) is 30.1 Å². The van der Waals surface area contributed by atoms with Gasteiger partial charge in [-0.25, -0.2) is 4.79 Å². The molecule has 0 fully saturated rings. The highest BCUT2D eigenvalue weighted by Gasteiger charge is 2.19. The number of thiophene rings is 1. The Balaban J connectivity index is 1.69. The third kappa shape index (κ3) is 4.57. The number of rotatable bonds is 7. The molecule has 1 amide bonds. The van der Waals surface area contributed by atoms with Gasteiger partial charge in [-0.2, -0.15) is 0 Å². The number of fused-ring (bicyclic) bond motifs is 1. The molecule has 3 rings (SSSR count). The smallest absolute Gasteiger partial charge is 0.336 e. The van der Waals surface area contributed by atoms with Crippen molar-refractivity contribution in [2.24, 2.45) is 5.92 Å². The predicted molar refractivity (Wildman–Crippen MR) is 107 cm³/mol. The van der Waals surface area contributed by atoms with Crippen LogP contribution in [0.3, 0.4) is 0 Å². The van der Waals surface area contributed by atoms with Crippen LogP contribution < -0.4 is 15.7 Å². The maximum Gasteiger partial charge on any atom is 0.336 e. The van der Waals surface area contributed by atoms with E-state index in [4.69, 9.17) is 9.15 Å². The average molecular weight is 385 g/mol. The van der Waals surface area contributed by atoms with Crippen molar-refractivity contribution in [2.75, 3.05) is 6.61 Å². The monoisotopic (exact) mass is 385 g/mol. The second-order valence-electron chi connectivity index (χ2n) is 6.70. The van der Waals surface area contributed by atoms with Crippen molar-refractivity contribution in [3.05, 3.63) is 62.6 Å². The van der Waals surface area contributed by atoms with Gasteiger partial charge in [0.25, 0.3) is 5.91 Å². The van der Waals surface area contributed by atoms with Crippen LogP contribution in [0.5, 0.6) is 5.75 Å². The predicted octanol–water partition coefficient (Wildman–Crippen LogP) is 4.31. The third-order valence-corrected chi connectivity index (χ3v) is 5.34. The van der Waals surface area contributed by atoms with Crippen molar-refractivity contribution in [3.63, 3.8) is 0 Å². The molecule has 27 heavy (non-hydrogen) atoms. The summed E-state index contributed by atoms with van der Waals surface area (Å²) in [5.41, 5.74) is 1.02. The lowest BCUT2D eigenvalue weighted by Crippen LogP contribution is -2.34. The van der Waals surface area contributed by atoms with Gasteiger partial charge in [-0.1, -0.05) is 26.8 Å². The summed E-state index contributed by atoms with van der Waals surface area (Å²) in [4.78, 5) is 25.1. The summed E-state index contributed by atoms with van der Waals surface area (Å²) >= 11 is 1.62. The molecule has 2 heterocycles. The molecule has 0 aliphatic rings. The Kier molecular flexibility index (Phi) is 5.96. The van der Waals surface area contributed by atoms with Gasteiger partial charge < -0.3 is 14.5 Å². The van der Waals surface area contributed by atoms with Gasteiger partial charge in [0.2, 0.25) is 0 Å². The molecule has 0 saturated carbocycles. The fraction of sp³-hybridized carbons (Fsp3) is 0.333. The van der Waals surface area contributed by atoms with Crippen LogP contribution in [0.1, 0.15) is 37.3 Å². The Hall–Kier alpha value is -2.60. The number of ether oxygens (including phenoxy) is 1. The van der Waals surface area contributed by atoms with Gasteiger partial charge in [0.15, 0.2) is 6.61 Å². The van der Waals surface area contributed by atoms with Crippen LogP contribution in [0.15, 0.2) is 51.0 Å². The standard InChI is InChI=1S/C21H23NO4S/c1-4-14-10-20(24)26-17-11-15(7-8-16(14)17)25-12-19(23)22-21(13(2)3)18-6-5-9-27-18/h5-11,13,21H,4,12H2,1-3H3,(H,22,23). The van der Waals surface area contributed by atoms with Gasteiger partial charge in [0, 0.05) is 22.4 Å². The average Bonchev–Trinajstić information content (AvgIpc) is 3.17. The highest BCUT2D eigenvalue weighted by atomic mass is 32.1. The molecule has 3 aromatic rings. The van der Waals surface area contributed by atoms with E-state index in [1.54, 1.807) is 23.5 Å². The van der Waals surface area contributed by atoms with Gasteiger partial charge >= 0.3 is 5.63 Å². The summed E-state index contributed by atoms with van der Waals surface area (Å²) in [6.45, 7) is 6.03. The first kappa shape index (κ1) is 19.2. The van der Waals surface area contributed by atoms with Crippen molar-refractivity contribution in [1.29, 1.82) is 0 Å². The topological polar surface area (TPSA) is 68.5 Å². The zero-order chi connectivity index (χ0) is 19.4. The number of hydrogen-bond acceptors (Lipinski definition) is 5. The molecule has 142 valence electrons. The van der Waals surface area contributed by atoms with Gasteiger partial charge in [-0.15, -0.1) is 11.3 Å². The minimum absolute atomic E-state index is 0.0390. The van der Waals surface area contributed by atoms with Gasteiger partial charge in [0.1, 0.15) is 11.3 Å². The molecular formula is C21H23NO4S. The lowest BCUT2D eigenvalue weighted by molar-refractivity contribution is -0.124. The first-order chi connectivity index (χ1) is 13.0. The van der Waals surface area contributed by atoms with Crippen LogP contribution in [0.2, 0.25) is 0 Å². The minimum atomic E-state index is -0.384. The maximum absolute atomic E-state index is 12.3. The quantitative estimate of drug-likeness (QED) is 0.616. The van der Waals surface area contributed by atoms with Crippen molar-refractivity contribution < 1.29 is 13.9 Å². The van der Waals surface area contributed by atoms with Crippen LogP contribution in [-0.4, -0.2) is 12.5 Å². The Morgan fingerprint density at radius 3 is 2.74 bits per heavy atom. The van der Waals surface area contributed by atoms with E-state index in [1.807, 2.05) is 30.5 Å². The van der Waals surface area contributed by atoms with Gasteiger partial charge in [0.05, 0.1) is 6.04 Å². The molecule has 1 aromatic carbocycles. The Morgan fingerprint density at radius 2 is 2.07 bits per heavy atom. The van der Waals surface area contributed by atoms with E-state index in [0.29, 0.717) is 11.3 Å². The highest BCUT2D eigenvalue weighted by Crippen LogP contribution is 2.26. The van der Waals surface area contributed by atoms with Crippen molar-refractivity contribution in [3.8, 4) is 5.75 Å². The van der Waals surface area contributed by atoms with E-state index in [0.717, 1.165) is 22.2 Å². The molecule has 2 aromatic heterocycles. The number of carbonyl (C=O) groups is 1. The molecule has 5 nitrogen and oxygen atoms in total. The molecule has 0 radical (unpaired) electrons. The lowest BCUT2D eigenvalue weighted by atomic mass is 10.0. The summed E-state index contributed by atoms with van der Waals surface area (Å²) in [7, 11) is 0. The summed E-state index contributed by atoms with van der Waals surface area (Å²) in [6, 6.07) is 10.8. The van der Waals surface area contributed by atoms with Gasteiger partial charge in [-0.05, 0) is 41.5 Å². The number of aryl methyl sites for hydroxylation is 1. The van der Waals surface area contributed by atoms with Crippen LogP contribution in [0, 0.1) is 5.92 Å². The number of benzene rings is 1. The summed E-state index contributed by atoms with van der Waals surface area (Å²) in [5, 5.41) is 5.91. The summed E-state index contributed by atoms with van der Waals surface area (Å²) < 4.78 is 10.9. The van der Waals surface area contributed by atoms with Crippen molar-refractivity contribution in [2.45, 2.75) is 33.2 Å². The van der Waals surface area contributed by atoms with Crippen LogP contribution >= 0.6 is 11.3 Å². The fourth-order valence-corrected chi connectivity index (χ4v) is 3.94. The van der Waals surface area contributed by atoms with E-state index >= 15 is 0 Å². The molecular weight excluding hydrogens is 362 g/mol. The van der Waals surface area contributed by atoms with E-state index in [9.17, 15) is 9.59 Å². The molecule has 0 aliphatic heterocycles. The van der Waals surface area contributed by atoms with E-state index in [2.05, 4.69) is 19.2 Å². The minimum Gasteiger partial charge on any atom is -0.484 e. The van der Waals surface area contributed by atoms with E-state index < -0.39 is 0 Å². The van der Waals surface area contributed by atoms with E-state index in [1.165, 1.54) is 6.07 Å². The first-order valence-corrected chi connectivity index (χ1v) is 9.88. The zero-order valence-electron chi connectivity index (χ0n) is 15.7. The Morgan fingerprint density at radius 1 is 1.26 bits per heavy atom.